The fourth-order valence-corrected chi connectivity index (χ4v) is 0.817. The van der Waals surface area contributed by atoms with Gasteiger partial charge in [0, 0.05) is 6.20 Å². The predicted molar refractivity (Wildman–Crippen MR) is 44.3 cm³/mol. The van der Waals surface area contributed by atoms with Crippen molar-refractivity contribution in [3.63, 3.8) is 0 Å². The lowest BCUT2D eigenvalue weighted by Crippen LogP contribution is -2.52. The molecule has 58 valence electrons. The number of rotatable bonds is 1. The lowest BCUT2D eigenvalue weighted by atomic mass is 10.2. The van der Waals surface area contributed by atoms with Gasteiger partial charge in [-0.05, 0) is 6.08 Å². The van der Waals surface area contributed by atoms with Crippen LogP contribution in [0.25, 0.3) is 0 Å². The molecule has 11 heavy (non-hydrogen) atoms. The molecule has 0 aromatic carbocycles. The van der Waals surface area contributed by atoms with Gasteiger partial charge in [-0.15, -0.1) is 12.3 Å². The number of hydrogen-bond donors (Lipinski definition) is 3. The molecule has 4 heteroatoms. The van der Waals surface area contributed by atoms with Crippen LogP contribution in [0, 0.1) is 12.3 Å². The van der Waals surface area contributed by atoms with Gasteiger partial charge in [-0.2, -0.15) is 0 Å². The van der Waals surface area contributed by atoms with Crippen LogP contribution in [0.3, 0.4) is 0 Å². The molecule has 1 heterocycles. The normalized spacial score (nSPS) is 28.5. The molecule has 0 aromatic heterocycles. The largest absolute Gasteiger partial charge is 0.384 e. The Kier molecular flexibility index (Phi) is 1.83. The van der Waals surface area contributed by atoms with Crippen molar-refractivity contribution in [1.29, 1.82) is 0 Å². The molecule has 0 fully saturated rings. The van der Waals surface area contributed by atoms with Crippen molar-refractivity contribution in [2.45, 2.75) is 12.2 Å². The minimum atomic E-state index is -0.909. The summed E-state index contributed by atoms with van der Waals surface area (Å²) in [7, 11) is 0. The number of amidine groups is 1. The fourth-order valence-electron chi connectivity index (χ4n) is 0.817. The van der Waals surface area contributed by atoms with Crippen molar-refractivity contribution < 1.29 is 0 Å². The molecule has 0 aliphatic carbocycles. The van der Waals surface area contributed by atoms with E-state index < -0.39 is 5.79 Å². The highest BCUT2D eigenvalue weighted by molar-refractivity contribution is 5.92. The Morgan fingerprint density at radius 3 is 3.09 bits per heavy atom. The molecule has 0 aromatic rings. The minimum Gasteiger partial charge on any atom is -0.384 e. The molecule has 0 radical (unpaired) electrons. The first-order valence-corrected chi connectivity index (χ1v) is 3.18. The Balaban J connectivity index is 2.76. The summed E-state index contributed by atoms with van der Waals surface area (Å²) in [6.45, 7) is 0. The maximum absolute atomic E-state index is 5.69. The van der Waals surface area contributed by atoms with Crippen molar-refractivity contribution >= 4 is 5.84 Å². The van der Waals surface area contributed by atoms with Gasteiger partial charge in [-0.1, -0.05) is 0 Å². The first kappa shape index (κ1) is 7.63. The Bertz CT molecular complexity index is 248. The molecular weight excluding hydrogens is 140 g/mol. The maximum Gasteiger partial charge on any atom is 0.195 e. The number of terminal acetylenes is 1. The van der Waals surface area contributed by atoms with Crippen LogP contribution in [-0.2, 0) is 0 Å². The van der Waals surface area contributed by atoms with E-state index in [2.05, 4.69) is 16.2 Å². The Labute approximate surface area is 65.4 Å². The first-order chi connectivity index (χ1) is 5.16. The second kappa shape index (κ2) is 2.64. The van der Waals surface area contributed by atoms with E-state index in [0.717, 1.165) is 0 Å². The Morgan fingerprint density at radius 1 is 1.82 bits per heavy atom. The molecule has 1 rings (SSSR count). The third-order valence-electron chi connectivity index (χ3n) is 1.29. The smallest absolute Gasteiger partial charge is 0.195 e. The van der Waals surface area contributed by atoms with Gasteiger partial charge in [0.1, 0.15) is 5.84 Å². The third kappa shape index (κ3) is 1.72. The molecule has 0 spiro atoms. The monoisotopic (exact) mass is 150 g/mol. The summed E-state index contributed by atoms with van der Waals surface area (Å²) in [5.41, 5.74) is 11.1. The van der Waals surface area contributed by atoms with E-state index in [4.69, 9.17) is 17.9 Å². The van der Waals surface area contributed by atoms with Crippen LogP contribution in [-0.4, -0.2) is 11.6 Å². The minimum absolute atomic E-state index is 0.317. The summed E-state index contributed by atoms with van der Waals surface area (Å²) in [6, 6.07) is 0. The number of nitrogens with two attached hydrogens (primary N) is 2. The summed E-state index contributed by atoms with van der Waals surface area (Å²) >= 11 is 0. The molecule has 1 aliphatic heterocycles. The molecule has 1 aliphatic rings. The van der Waals surface area contributed by atoms with Gasteiger partial charge in [-0.25, -0.2) is 4.99 Å². The van der Waals surface area contributed by atoms with Crippen LogP contribution in [0.4, 0.5) is 0 Å². The summed E-state index contributed by atoms with van der Waals surface area (Å²) in [5, 5.41) is 2.81. The van der Waals surface area contributed by atoms with Crippen LogP contribution in [0.1, 0.15) is 6.42 Å². The van der Waals surface area contributed by atoms with E-state index in [1.165, 1.54) is 0 Å². The van der Waals surface area contributed by atoms with E-state index in [1.807, 2.05) is 0 Å². The van der Waals surface area contributed by atoms with Crippen molar-refractivity contribution in [2.24, 2.45) is 16.5 Å². The third-order valence-corrected chi connectivity index (χ3v) is 1.29. The number of aliphatic imine (C=N–C) groups is 1. The summed E-state index contributed by atoms with van der Waals surface area (Å²) in [5.74, 6) is 1.90. The van der Waals surface area contributed by atoms with Crippen LogP contribution >= 0.6 is 0 Å². The van der Waals surface area contributed by atoms with E-state index >= 15 is 0 Å². The molecule has 4 nitrogen and oxygen atoms in total. The molecule has 0 bridgehead atoms. The summed E-state index contributed by atoms with van der Waals surface area (Å²) < 4.78 is 0. The maximum atomic E-state index is 5.69. The molecular formula is C7H10N4. The first-order valence-electron chi connectivity index (χ1n) is 3.18. The number of hydrogen-bond acceptors (Lipinski definition) is 4. The van der Waals surface area contributed by atoms with Gasteiger partial charge < -0.3 is 11.1 Å². The van der Waals surface area contributed by atoms with E-state index in [1.54, 1.807) is 12.3 Å². The average Bonchev–Trinajstić information content (AvgIpc) is 1.86. The lowest BCUT2D eigenvalue weighted by Gasteiger charge is -2.25. The molecule has 5 N–H and O–H groups in total. The summed E-state index contributed by atoms with van der Waals surface area (Å²) in [4.78, 5) is 3.94. The quantitative estimate of drug-likeness (QED) is 0.424. The lowest BCUT2D eigenvalue weighted by molar-refractivity contribution is 0.403. The Hall–Kier alpha value is -1.47. The SMILES string of the molecule is C#CCC1(N)N=C(N)C=CN1. The zero-order valence-corrected chi connectivity index (χ0v) is 6.04. The van der Waals surface area contributed by atoms with Crippen LogP contribution in [0.5, 0.6) is 0 Å². The summed E-state index contributed by atoms with van der Waals surface area (Å²) in [6.07, 6.45) is 8.67. The molecule has 0 saturated heterocycles. The van der Waals surface area contributed by atoms with E-state index in [-0.39, 0.29) is 0 Å². The molecule has 1 atom stereocenters. The second-order valence-electron chi connectivity index (χ2n) is 2.32. The van der Waals surface area contributed by atoms with Crippen molar-refractivity contribution in [2.75, 3.05) is 0 Å². The molecule has 0 saturated carbocycles. The van der Waals surface area contributed by atoms with Gasteiger partial charge >= 0.3 is 0 Å². The van der Waals surface area contributed by atoms with Gasteiger partial charge in [-0.3, -0.25) is 5.73 Å². The van der Waals surface area contributed by atoms with Gasteiger partial charge in [0.2, 0.25) is 0 Å². The highest BCUT2D eigenvalue weighted by Gasteiger charge is 2.22. The highest BCUT2D eigenvalue weighted by atomic mass is 15.3. The second-order valence-corrected chi connectivity index (χ2v) is 2.32. The highest BCUT2D eigenvalue weighted by Crippen LogP contribution is 2.06. The number of nitrogens with one attached hydrogen (secondary N) is 1. The standard InChI is InChI=1S/C7H10N4/c1-2-4-7(9)10-5-3-6(8)11-7/h1,3,5,10H,4,9H2,(H2,8,11). The number of nitrogens with zero attached hydrogens (tertiary/aromatic N) is 1. The average molecular weight is 150 g/mol. The van der Waals surface area contributed by atoms with Gasteiger partial charge in [0.15, 0.2) is 5.79 Å². The van der Waals surface area contributed by atoms with Crippen LogP contribution in [0.2, 0.25) is 0 Å². The zero-order valence-electron chi connectivity index (χ0n) is 6.04. The van der Waals surface area contributed by atoms with E-state index in [0.29, 0.717) is 12.3 Å². The molecule has 1 unspecified atom stereocenters. The van der Waals surface area contributed by atoms with Crippen molar-refractivity contribution in [3.8, 4) is 12.3 Å². The predicted octanol–water partition coefficient (Wildman–Crippen LogP) is -0.904. The van der Waals surface area contributed by atoms with Crippen LogP contribution < -0.4 is 16.8 Å². The van der Waals surface area contributed by atoms with Crippen LogP contribution in [0.15, 0.2) is 17.3 Å². The van der Waals surface area contributed by atoms with Crippen molar-refractivity contribution in [3.05, 3.63) is 12.3 Å². The van der Waals surface area contributed by atoms with Crippen molar-refractivity contribution in [1.82, 2.24) is 5.32 Å². The Morgan fingerprint density at radius 2 is 2.55 bits per heavy atom. The van der Waals surface area contributed by atoms with E-state index in [9.17, 15) is 0 Å². The fraction of sp³-hybridized carbons (Fsp3) is 0.286. The zero-order chi connectivity index (χ0) is 8.32. The van der Waals surface area contributed by atoms with Gasteiger partial charge in [0.05, 0.1) is 6.42 Å². The van der Waals surface area contributed by atoms with Gasteiger partial charge in [0.25, 0.3) is 0 Å². The molecule has 0 amide bonds. The topological polar surface area (TPSA) is 76.4 Å².